The fourth-order valence-electron chi connectivity index (χ4n) is 4.29. The van der Waals surface area contributed by atoms with E-state index in [1.165, 1.54) is 11.3 Å². The topological polar surface area (TPSA) is 72.5 Å². The van der Waals surface area contributed by atoms with Gasteiger partial charge >= 0.3 is 0 Å². The van der Waals surface area contributed by atoms with E-state index in [-0.39, 0.29) is 11.8 Å². The molecule has 0 aliphatic carbocycles. The van der Waals surface area contributed by atoms with Gasteiger partial charge in [0.05, 0.1) is 5.51 Å². The number of likely N-dealkylation sites (tertiary alicyclic amines) is 1. The molecule has 0 spiro atoms. The molecule has 156 valence electrons. The lowest BCUT2D eigenvalue weighted by Crippen LogP contribution is -2.64. The lowest BCUT2D eigenvalue weighted by atomic mass is 10.0. The van der Waals surface area contributed by atoms with E-state index in [1.54, 1.807) is 10.9 Å². The van der Waals surface area contributed by atoms with Crippen molar-refractivity contribution in [1.82, 2.24) is 24.7 Å². The summed E-state index contributed by atoms with van der Waals surface area (Å²) >= 11 is 7.54. The first-order chi connectivity index (χ1) is 14.5. The van der Waals surface area contributed by atoms with Crippen LogP contribution in [0.25, 0.3) is 10.9 Å². The summed E-state index contributed by atoms with van der Waals surface area (Å²) in [5.74, 6) is 0.0455. The summed E-state index contributed by atoms with van der Waals surface area (Å²) in [4.78, 5) is 38.9. The molecule has 1 aromatic carbocycles. The summed E-state index contributed by atoms with van der Waals surface area (Å²) in [6.07, 6.45) is 0. The molecule has 2 fully saturated rings. The number of H-pyrrole nitrogens is 1. The number of hydrogen-bond donors (Lipinski definition) is 1. The van der Waals surface area contributed by atoms with E-state index in [2.05, 4.69) is 14.9 Å². The van der Waals surface area contributed by atoms with Gasteiger partial charge in [0, 0.05) is 66.6 Å². The van der Waals surface area contributed by atoms with E-state index in [4.69, 9.17) is 11.6 Å². The zero-order chi connectivity index (χ0) is 20.8. The van der Waals surface area contributed by atoms with E-state index in [1.807, 2.05) is 34.9 Å². The lowest BCUT2D eigenvalue weighted by Gasteiger charge is -2.48. The molecule has 0 unspecified atom stereocenters. The number of aromatic nitrogens is 2. The van der Waals surface area contributed by atoms with Gasteiger partial charge in [-0.2, -0.15) is 0 Å². The highest BCUT2D eigenvalue weighted by molar-refractivity contribution is 7.07. The molecule has 0 atom stereocenters. The molecule has 4 heterocycles. The molecule has 30 heavy (non-hydrogen) atoms. The summed E-state index contributed by atoms with van der Waals surface area (Å²) < 4.78 is 0. The molecule has 1 N–H and O–H groups in total. The fourth-order valence-corrected chi connectivity index (χ4v) is 4.99. The number of benzene rings is 1. The Morgan fingerprint density at radius 2 is 1.90 bits per heavy atom. The number of aromatic amines is 1. The number of fused-ring (bicyclic) bond motifs is 1. The predicted octanol–water partition coefficient (Wildman–Crippen LogP) is 2.87. The third kappa shape index (κ3) is 3.38. The van der Waals surface area contributed by atoms with Crippen LogP contribution in [-0.2, 0) is 0 Å². The number of rotatable bonds is 3. The van der Waals surface area contributed by atoms with E-state index in [0.29, 0.717) is 48.6 Å². The molecule has 2 amide bonds. The SMILES string of the molecule is Cc1c(C(=O)N2CC(N3CCN(C(=O)c4cscn4)CC3)C2)[nH]c2ccc(Cl)cc12. The van der Waals surface area contributed by atoms with Crippen molar-refractivity contribution < 1.29 is 9.59 Å². The van der Waals surface area contributed by atoms with Crippen molar-refractivity contribution in [1.29, 1.82) is 0 Å². The first-order valence-electron chi connectivity index (χ1n) is 10.00. The molecule has 2 aliphatic heterocycles. The Morgan fingerprint density at radius 1 is 1.13 bits per heavy atom. The van der Waals surface area contributed by atoms with Gasteiger partial charge in [-0.3, -0.25) is 14.5 Å². The second-order valence-corrected chi connectivity index (χ2v) is 9.04. The van der Waals surface area contributed by atoms with Gasteiger partial charge in [-0.25, -0.2) is 4.98 Å². The summed E-state index contributed by atoms with van der Waals surface area (Å²) in [6, 6.07) is 5.98. The van der Waals surface area contributed by atoms with Crippen molar-refractivity contribution in [3.8, 4) is 0 Å². The molecular formula is C21H22ClN5O2S. The first-order valence-corrected chi connectivity index (χ1v) is 11.3. The highest BCUT2D eigenvalue weighted by atomic mass is 35.5. The Morgan fingerprint density at radius 3 is 2.60 bits per heavy atom. The van der Waals surface area contributed by atoms with Crippen molar-refractivity contribution in [3.63, 3.8) is 0 Å². The highest BCUT2D eigenvalue weighted by Crippen LogP contribution is 2.27. The van der Waals surface area contributed by atoms with Crippen LogP contribution in [0.1, 0.15) is 26.5 Å². The number of piperazine rings is 1. The molecule has 7 nitrogen and oxygen atoms in total. The smallest absolute Gasteiger partial charge is 0.273 e. The largest absolute Gasteiger partial charge is 0.350 e. The van der Waals surface area contributed by atoms with Gasteiger partial charge in [0.1, 0.15) is 11.4 Å². The maximum absolute atomic E-state index is 13.0. The molecule has 0 radical (unpaired) electrons. The molecule has 2 saturated heterocycles. The van der Waals surface area contributed by atoms with Crippen LogP contribution in [0.4, 0.5) is 0 Å². The quantitative estimate of drug-likeness (QED) is 0.675. The molecule has 2 aromatic heterocycles. The van der Waals surface area contributed by atoms with Crippen molar-refractivity contribution >= 4 is 45.7 Å². The van der Waals surface area contributed by atoms with Crippen molar-refractivity contribution in [2.24, 2.45) is 0 Å². The van der Waals surface area contributed by atoms with Crippen molar-refractivity contribution in [3.05, 3.63) is 51.1 Å². The Labute approximate surface area is 183 Å². The van der Waals surface area contributed by atoms with Crippen LogP contribution in [0.3, 0.4) is 0 Å². The van der Waals surface area contributed by atoms with Gasteiger partial charge in [0.2, 0.25) is 0 Å². The van der Waals surface area contributed by atoms with Gasteiger partial charge in [-0.15, -0.1) is 11.3 Å². The lowest BCUT2D eigenvalue weighted by molar-refractivity contribution is 0.00815. The van der Waals surface area contributed by atoms with Crippen LogP contribution in [0.15, 0.2) is 29.1 Å². The zero-order valence-corrected chi connectivity index (χ0v) is 18.2. The second kappa shape index (κ2) is 7.68. The summed E-state index contributed by atoms with van der Waals surface area (Å²) in [5.41, 5.74) is 4.73. The maximum Gasteiger partial charge on any atom is 0.273 e. The van der Waals surface area contributed by atoms with Gasteiger partial charge < -0.3 is 14.8 Å². The van der Waals surface area contributed by atoms with Crippen molar-refractivity contribution in [2.45, 2.75) is 13.0 Å². The van der Waals surface area contributed by atoms with E-state index < -0.39 is 0 Å². The summed E-state index contributed by atoms with van der Waals surface area (Å²) in [7, 11) is 0. The van der Waals surface area contributed by atoms with Crippen LogP contribution in [0.5, 0.6) is 0 Å². The van der Waals surface area contributed by atoms with Gasteiger partial charge in [0.15, 0.2) is 0 Å². The first kappa shape index (κ1) is 19.5. The molecule has 0 bridgehead atoms. The van der Waals surface area contributed by atoms with Gasteiger partial charge in [-0.05, 0) is 30.7 Å². The second-order valence-electron chi connectivity index (χ2n) is 7.88. The predicted molar refractivity (Wildman–Crippen MR) is 117 cm³/mol. The highest BCUT2D eigenvalue weighted by Gasteiger charge is 2.38. The number of halogens is 1. The normalized spacial score (nSPS) is 18.1. The molecule has 3 aromatic rings. The van der Waals surface area contributed by atoms with Gasteiger partial charge in [-0.1, -0.05) is 11.6 Å². The third-order valence-corrected chi connectivity index (χ3v) is 6.97. The van der Waals surface area contributed by atoms with Gasteiger partial charge in [0.25, 0.3) is 11.8 Å². The molecular weight excluding hydrogens is 422 g/mol. The summed E-state index contributed by atoms with van der Waals surface area (Å²) in [5, 5.41) is 3.45. The number of carbonyl (C=O) groups excluding carboxylic acids is 2. The van der Waals surface area contributed by atoms with E-state index in [9.17, 15) is 9.59 Å². The van der Waals surface area contributed by atoms with Crippen LogP contribution in [0, 0.1) is 6.92 Å². The third-order valence-electron chi connectivity index (χ3n) is 6.15. The number of amides is 2. The number of nitrogens with zero attached hydrogens (tertiary/aromatic N) is 4. The van der Waals surface area contributed by atoms with Crippen LogP contribution < -0.4 is 0 Å². The Kier molecular flexibility index (Phi) is 5.00. The monoisotopic (exact) mass is 443 g/mol. The Hall–Kier alpha value is -2.42. The number of nitrogens with one attached hydrogen (secondary N) is 1. The minimum absolute atomic E-state index is 0.00991. The molecule has 0 saturated carbocycles. The summed E-state index contributed by atoms with van der Waals surface area (Å²) in [6.45, 7) is 6.44. The van der Waals surface area contributed by atoms with Crippen molar-refractivity contribution in [2.75, 3.05) is 39.3 Å². The average Bonchev–Trinajstić information content (AvgIpc) is 3.36. The average molecular weight is 444 g/mol. The number of aryl methyl sites for hydroxylation is 1. The standard InChI is InChI=1S/C21H22ClN5O2S/c1-13-16-8-14(22)2-3-17(16)24-19(13)21(29)27-9-15(10-27)25-4-6-26(7-5-25)20(28)18-11-30-12-23-18/h2-3,8,11-12,15,24H,4-7,9-10H2,1H3. The van der Waals surface area contributed by atoms with E-state index >= 15 is 0 Å². The Bertz CT molecular complexity index is 1100. The number of carbonyl (C=O) groups is 2. The zero-order valence-electron chi connectivity index (χ0n) is 16.6. The fraction of sp³-hybridized carbons (Fsp3) is 0.381. The number of thiazole rings is 1. The Balaban J connectivity index is 1.18. The minimum atomic E-state index is 0.00991. The van der Waals surface area contributed by atoms with Crippen LogP contribution >= 0.6 is 22.9 Å². The molecule has 2 aliphatic rings. The van der Waals surface area contributed by atoms with Crippen LogP contribution in [-0.4, -0.2) is 81.8 Å². The minimum Gasteiger partial charge on any atom is -0.350 e. The number of hydrogen-bond acceptors (Lipinski definition) is 5. The molecule has 9 heteroatoms. The molecule has 5 rings (SSSR count). The maximum atomic E-state index is 13.0. The van der Waals surface area contributed by atoms with E-state index in [0.717, 1.165) is 29.6 Å². The van der Waals surface area contributed by atoms with Crippen LogP contribution in [0.2, 0.25) is 5.02 Å².